The van der Waals surface area contributed by atoms with Crippen LogP contribution in [0.1, 0.15) is 28.9 Å². The molecule has 0 unspecified atom stereocenters. The summed E-state index contributed by atoms with van der Waals surface area (Å²) in [6, 6.07) is 8.21. The number of aryl methyl sites for hydroxylation is 2. The van der Waals surface area contributed by atoms with Crippen molar-refractivity contribution < 1.29 is 17.9 Å². The van der Waals surface area contributed by atoms with Crippen molar-refractivity contribution in [3.63, 3.8) is 0 Å². The first-order chi connectivity index (χ1) is 14.4. The van der Waals surface area contributed by atoms with E-state index in [2.05, 4.69) is 17.2 Å². The Kier molecular flexibility index (Phi) is 5.95. The molecule has 2 aliphatic rings. The standard InChI is InChI=1S/C21H28N4O4S/c1-16-21(30(27,28)24-11-13-29-14-12-24)17(2)25(22-16)10-8-20(26)23-9-7-18-5-3-4-6-19(18)15-23/h3-6H,7-15H2,1-2H3. The molecule has 0 saturated carbocycles. The smallest absolute Gasteiger partial charge is 0.246 e. The maximum atomic E-state index is 13.1. The fraction of sp³-hybridized carbons (Fsp3) is 0.524. The summed E-state index contributed by atoms with van der Waals surface area (Å²) < 4.78 is 34.5. The highest BCUT2D eigenvalue weighted by atomic mass is 32.2. The van der Waals surface area contributed by atoms with Crippen molar-refractivity contribution in [2.24, 2.45) is 0 Å². The van der Waals surface area contributed by atoms with Crippen LogP contribution < -0.4 is 0 Å². The normalized spacial score (nSPS) is 17.7. The molecule has 162 valence electrons. The lowest BCUT2D eigenvalue weighted by Crippen LogP contribution is -2.41. The van der Waals surface area contributed by atoms with Gasteiger partial charge in [0.1, 0.15) is 4.90 Å². The maximum absolute atomic E-state index is 13.1. The number of benzene rings is 1. The predicted molar refractivity (Wildman–Crippen MR) is 111 cm³/mol. The molecule has 1 aromatic heterocycles. The molecule has 2 aromatic rings. The van der Waals surface area contributed by atoms with Gasteiger partial charge in [0.2, 0.25) is 15.9 Å². The second-order valence-corrected chi connectivity index (χ2v) is 9.70. The van der Waals surface area contributed by atoms with Crippen molar-refractivity contribution in [2.45, 2.75) is 44.7 Å². The van der Waals surface area contributed by atoms with E-state index in [9.17, 15) is 13.2 Å². The molecule has 9 heteroatoms. The summed E-state index contributed by atoms with van der Waals surface area (Å²) in [5.74, 6) is 0.0645. The fourth-order valence-electron chi connectivity index (χ4n) is 4.26. The van der Waals surface area contributed by atoms with Crippen molar-refractivity contribution in [1.82, 2.24) is 19.0 Å². The first-order valence-electron chi connectivity index (χ1n) is 10.3. The zero-order chi connectivity index (χ0) is 21.3. The molecule has 0 aliphatic carbocycles. The molecule has 4 rings (SSSR count). The maximum Gasteiger partial charge on any atom is 0.246 e. The number of hydrogen-bond acceptors (Lipinski definition) is 5. The molecule has 1 saturated heterocycles. The molecule has 3 heterocycles. The van der Waals surface area contributed by atoms with Gasteiger partial charge in [0.05, 0.1) is 31.1 Å². The molecule has 1 fully saturated rings. The van der Waals surface area contributed by atoms with E-state index in [1.807, 2.05) is 17.0 Å². The fourth-order valence-corrected chi connectivity index (χ4v) is 6.04. The Morgan fingerprint density at radius 1 is 1.10 bits per heavy atom. The lowest BCUT2D eigenvalue weighted by Gasteiger charge is -2.29. The number of hydrogen-bond donors (Lipinski definition) is 0. The monoisotopic (exact) mass is 432 g/mol. The molecular weight excluding hydrogens is 404 g/mol. The molecule has 0 radical (unpaired) electrons. The van der Waals surface area contributed by atoms with Gasteiger partial charge in [0, 0.05) is 32.6 Å². The van der Waals surface area contributed by atoms with Crippen LogP contribution in [0.25, 0.3) is 0 Å². The number of fused-ring (bicyclic) bond motifs is 1. The Morgan fingerprint density at radius 2 is 1.80 bits per heavy atom. The highest BCUT2D eigenvalue weighted by Crippen LogP contribution is 2.25. The van der Waals surface area contributed by atoms with Gasteiger partial charge in [-0.15, -0.1) is 0 Å². The van der Waals surface area contributed by atoms with Crippen LogP contribution in [0.15, 0.2) is 29.2 Å². The van der Waals surface area contributed by atoms with Crippen LogP contribution in [-0.2, 0) is 39.1 Å². The Hall–Kier alpha value is -2.23. The number of carbonyl (C=O) groups is 1. The summed E-state index contributed by atoms with van der Waals surface area (Å²) in [5.41, 5.74) is 3.55. The van der Waals surface area contributed by atoms with Crippen molar-refractivity contribution >= 4 is 15.9 Å². The SMILES string of the molecule is Cc1nn(CCC(=O)N2CCc3ccccc3C2)c(C)c1S(=O)(=O)N1CCOCC1. The summed E-state index contributed by atoms with van der Waals surface area (Å²) in [6.07, 6.45) is 1.16. The van der Waals surface area contributed by atoms with Crippen LogP contribution in [0, 0.1) is 13.8 Å². The van der Waals surface area contributed by atoms with E-state index in [0.717, 1.165) is 6.42 Å². The van der Waals surface area contributed by atoms with Crippen molar-refractivity contribution in [3.05, 3.63) is 46.8 Å². The van der Waals surface area contributed by atoms with E-state index in [-0.39, 0.29) is 10.8 Å². The number of amides is 1. The quantitative estimate of drug-likeness (QED) is 0.715. The van der Waals surface area contributed by atoms with Crippen LogP contribution in [0.4, 0.5) is 0 Å². The van der Waals surface area contributed by atoms with Gasteiger partial charge in [-0.25, -0.2) is 8.42 Å². The Morgan fingerprint density at radius 3 is 2.53 bits per heavy atom. The van der Waals surface area contributed by atoms with Gasteiger partial charge in [-0.05, 0) is 31.4 Å². The highest BCUT2D eigenvalue weighted by Gasteiger charge is 2.32. The molecule has 0 N–H and O–H groups in total. The van der Waals surface area contributed by atoms with E-state index in [4.69, 9.17) is 4.74 Å². The molecule has 2 aliphatic heterocycles. The Balaban J connectivity index is 1.45. The molecule has 0 atom stereocenters. The summed E-state index contributed by atoms with van der Waals surface area (Å²) in [5, 5.41) is 4.43. The topological polar surface area (TPSA) is 84.7 Å². The first kappa shape index (κ1) is 21.0. The minimum Gasteiger partial charge on any atom is -0.379 e. The molecule has 30 heavy (non-hydrogen) atoms. The number of rotatable bonds is 5. The summed E-state index contributed by atoms with van der Waals surface area (Å²) in [4.78, 5) is 14.9. The van der Waals surface area contributed by atoms with Crippen LogP contribution in [0.2, 0.25) is 0 Å². The second kappa shape index (κ2) is 8.49. The minimum absolute atomic E-state index is 0.0645. The van der Waals surface area contributed by atoms with Crippen LogP contribution in [0.5, 0.6) is 0 Å². The van der Waals surface area contributed by atoms with E-state index in [1.165, 1.54) is 15.4 Å². The van der Waals surface area contributed by atoms with Crippen LogP contribution in [0.3, 0.4) is 0 Å². The van der Waals surface area contributed by atoms with Gasteiger partial charge in [0.25, 0.3) is 0 Å². The third-order valence-corrected chi connectivity index (χ3v) is 8.06. The molecule has 0 spiro atoms. The Labute approximate surface area is 177 Å². The molecule has 1 amide bonds. The summed E-state index contributed by atoms with van der Waals surface area (Å²) >= 11 is 0. The molecule has 8 nitrogen and oxygen atoms in total. The van der Waals surface area contributed by atoms with Crippen molar-refractivity contribution in [2.75, 3.05) is 32.8 Å². The van der Waals surface area contributed by atoms with Gasteiger partial charge in [-0.3, -0.25) is 9.48 Å². The van der Waals surface area contributed by atoms with Gasteiger partial charge in [-0.2, -0.15) is 9.40 Å². The Bertz CT molecular complexity index is 1040. The number of sulfonamides is 1. The zero-order valence-electron chi connectivity index (χ0n) is 17.5. The second-order valence-electron chi connectivity index (χ2n) is 7.82. The zero-order valence-corrected chi connectivity index (χ0v) is 18.3. The third kappa shape index (κ3) is 4.01. The summed E-state index contributed by atoms with van der Waals surface area (Å²) in [7, 11) is -3.62. The largest absolute Gasteiger partial charge is 0.379 e. The number of aromatic nitrogens is 2. The average molecular weight is 433 g/mol. The van der Waals surface area contributed by atoms with Crippen molar-refractivity contribution in [3.8, 4) is 0 Å². The molecular formula is C21H28N4O4S. The number of nitrogens with zero attached hydrogens (tertiary/aromatic N) is 4. The number of morpholine rings is 1. The van der Waals surface area contributed by atoms with Gasteiger partial charge >= 0.3 is 0 Å². The highest BCUT2D eigenvalue weighted by molar-refractivity contribution is 7.89. The van der Waals surface area contributed by atoms with E-state index >= 15 is 0 Å². The van der Waals surface area contributed by atoms with E-state index in [1.54, 1.807) is 18.5 Å². The van der Waals surface area contributed by atoms with Crippen molar-refractivity contribution in [1.29, 1.82) is 0 Å². The third-order valence-electron chi connectivity index (χ3n) is 5.90. The lowest BCUT2D eigenvalue weighted by molar-refractivity contribution is -0.132. The number of ether oxygens (including phenoxy) is 1. The summed E-state index contributed by atoms with van der Waals surface area (Å²) in [6.45, 7) is 6.67. The average Bonchev–Trinajstić information content (AvgIpc) is 3.05. The molecule has 0 bridgehead atoms. The van der Waals surface area contributed by atoms with E-state index < -0.39 is 10.0 Å². The van der Waals surface area contributed by atoms with Gasteiger partial charge in [-0.1, -0.05) is 24.3 Å². The lowest BCUT2D eigenvalue weighted by atomic mass is 10.00. The van der Waals surface area contributed by atoms with E-state index in [0.29, 0.717) is 63.7 Å². The van der Waals surface area contributed by atoms with Crippen LogP contribution >= 0.6 is 0 Å². The van der Waals surface area contributed by atoms with Crippen LogP contribution in [-0.4, -0.2) is 66.2 Å². The number of carbonyl (C=O) groups excluding carboxylic acids is 1. The first-order valence-corrected chi connectivity index (χ1v) is 11.8. The van der Waals surface area contributed by atoms with Gasteiger partial charge < -0.3 is 9.64 Å². The van der Waals surface area contributed by atoms with Gasteiger partial charge in [0.15, 0.2) is 0 Å². The molecule has 1 aromatic carbocycles. The predicted octanol–water partition coefficient (Wildman–Crippen LogP) is 1.50. The minimum atomic E-state index is -3.62.